The third-order valence-corrected chi connectivity index (χ3v) is 2.86. The van der Waals surface area contributed by atoms with Crippen molar-refractivity contribution >= 4 is 29.0 Å². The molecular weight excluding hydrogens is 254 g/mol. The predicted octanol–water partition coefficient (Wildman–Crippen LogP) is 0.839. The molecule has 7 heteroatoms. The average Bonchev–Trinajstić information content (AvgIpc) is 2.32. The van der Waals surface area contributed by atoms with Crippen LogP contribution >= 0.6 is 11.6 Å². The molecule has 100 valence electrons. The van der Waals surface area contributed by atoms with Crippen LogP contribution < -0.4 is 16.0 Å². The van der Waals surface area contributed by atoms with Crippen LogP contribution in [0.25, 0.3) is 0 Å². The van der Waals surface area contributed by atoms with E-state index in [1.807, 2.05) is 14.0 Å². The third kappa shape index (κ3) is 3.22. The molecule has 0 aliphatic carbocycles. The Balaban J connectivity index is 2.91. The maximum absolute atomic E-state index is 11.5. The van der Waals surface area contributed by atoms with Crippen molar-refractivity contribution in [1.29, 1.82) is 0 Å². The van der Waals surface area contributed by atoms with Crippen molar-refractivity contribution in [2.45, 2.75) is 13.8 Å². The van der Waals surface area contributed by atoms with Gasteiger partial charge in [0, 0.05) is 20.6 Å². The molecule has 0 radical (unpaired) electrons. The summed E-state index contributed by atoms with van der Waals surface area (Å²) in [4.78, 5) is 21.3. The lowest BCUT2D eigenvalue weighted by atomic mass is 10.1. The highest BCUT2D eigenvalue weighted by Crippen LogP contribution is 2.24. The van der Waals surface area contributed by atoms with Crippen LogP contribution in [0.4, 0.5) is 11.5 Å². The molecule has 0 spiro atoms. The number of rotatable bonds is 4. The molecule has 1 atom stereocenters. The van der Waals surface area contributed by atoms with Crippen molar-refractivity contribution in [3.8, 4) is 0 Å². The zero-order chi connectivity index (χ0) is 13.9. The molecule has 1 heterocycles. The Kier molecular flexibility index (Phi) is 4.72. The highest BCUT2D eigenvalue weighted by atomic mass is 35.5. The molecule has 0 aliphatic heterocycles. The van der Waals surface area contributed by atoms with Crippen LogP contribution in [0, 0.1) is 12.8 Å². The Hall–Kier alpha value is -1.56. The Labute approximate surface area is 112 Å². The predicted molar refractivity (Wildman–Crippen MR) is 72.7 cm³/mol. The number of carbonyl (C=O) groups excluding carboxylic acids is 1. The highest BCUT2D eigenvalue weighted by Gasteiger charge is 2.17. The number of nitrogens with one attached hydrogen (secondary N) is 1. The van der Waals surface area contributed by atoms with E-state index in [2.05, 4.69) is 15.3 Å². The summed E-state index contributed by atoms with van der Waals surface area (Å²) >= 11 is 5.81. The van der Waals surface area contributed by atoms with E-state index in [1.54, 1.807) is 18.9 Å². The van der Waals surface area contributed by atoms with Gasteiger partial charge in [-0.1, -0.05) is 6.92 Å². The molecule has 0 fully saturated rings. The minimum absolute atomic E-state index is 0.0303. The Bertz CT molecular complexity index is 451. The molecule has 3 N–H and O–H groups in total. The van der Waals surface area contributed by atoms with Crippen molar-refractivity contribution < 1.29 is 4.79 Å². The van der Waals surface area contributed by atoms with Gasteiger partial charge in [-0.25, -0.2) is 4.98 Å². The van der Waals surface area contributed by atoms with Gasteiger partial charge < -0.3 is 16.0 Å². The average molecular weight is 272 g/mol. The molecule has 0 saturated heterocycles. The van der Waals surface area contributed by atoms with Crippen LogP contribution in [0.15, 0.2) is 0 Å². The van der Waals surface area contributed by atoms with E-state index >= 15 is 0 Å². The number of amides is 1. The summed E-state index contributed by atoms with van der Waals surface area (Å²) in [5.41, 5.74) is 7.02. The molecule has 6 nitrogen and oxygen atoms in total. The lowest BCUT2D eigenvalue weighted by Gasteiger charge is -2.23. The molecule has 0 aromatic carbocycles. The topological polar surface area (TPSA) is 84.1 Å². The van der Waals surface area contributed by atoms with Crippen LogP contribution in [0.2, 0.25) is 5.28 Å². The van der Waals surface area contributed by atoms with Crippen LogP contribution in [0.1, 0.15) is 12.6 Å². The first-order valence-corrected chi connectivity index (χ1v) is 5.97. The quantitative estimate of drug-likeness (QED) is 0.793. The second-order valence-electron chi connectivity index (χ2n) is 4.21. The summed E-state index contributed by atoms with van der Waals surface area (Å²) in [5.74, 6) is 0.342. The number of carbonyl (C=O) groups is 1. The molecular formula is C11H18ClN5O. The molecule has 0 aliphatic rings. The lowest BCUT2D eigenvalue weighted by Crippen LogP contribution is -2.35. The monoisotopic (exact) mass is 271 g/mol. The molecule has 0 saturated carbocycles. The van der Waals surface area contributed by atoms with Crippen LogP contribution in [0.5, 0.6) is 0 Å². The smallest absolute Gasteiger partial charge is 0.224 e. The number of halogens is 1. The maximum atomic E-state index is 11.5. The molecule has 1 rings (SSSR count). The molecule has 1 unspecified atom stereocenters. The van der Waals surface area contributed by atoms with E-state index in [9.17, 15) is 4.79 Å². The van der Waals surface area contributed by atoms with E-state index in [-0.39, 0.29) is 17.1 Å². The fourth-order valence-corrected chi connectivity index (χ4v) is 1.86. The van der Waals surface area contributed by atoms with E-state index < -0.39 is 0 Å². The first kappa shape index (κ1) is 14.5. The van der Waals surface area contributed by atoms with Gasteiger partial charge in [0.2, 0.25) is 11.2 Å². The third-order valence-electron chi connectivity index (χ3n) is 2.69. The van der Waals surface area contributed by atoms with Crippen molar-refractivity contribution in [2.75, 3.05) is 31.3 Å². The van der Waals surface area contributed by atoms with Gasteiger partial charge in [0.15, 0.2) is 5.82 Å². The van der Waals surface area contributed by atoms with Gasteiger partial charge in [-0.05, 0) is 18.5 Å². The number of aryl methyl sites for hydroxylation is 1. The minimum atomic E-state index is -0.173. The number of hydrogen-bond donors (Lipinski definition) is 2. The summed E-state index contributed by atoms with van der Waals surface area (Å²) in [6.45, 7) is 4.10. The summed E-state index contributed by atoms with van der Waals surface area (Å²) in [6, 6.07) is 0. The summed E-state index contributed by atoms with van der Waals surface area (Å²) in [7, 11) is 3.42. The van der Waals surface area contributed by atoms with Gasteiger partial charge in [0.05, 0.1) is 17.3 Å². The minimum Gasteiger partial charge on any atom is -0.394 e. The fourth-order valence-electron chi connectivity index (χ4n) is 1.65. The molecule has 0 bridgehead atoms. The van der Waals surface area contributed by atoms with Crippen molar-refractivity contribution in [1.82, 2.24) is 15.3 Å². The summed E-state index contributed by atoms with van der Waals surface area (Å²) in [6.07, 6.45) is 0. The van der Waals surface area contributed by atoms with E-state index in [1.165, 1.54) is 0 Å². The van der Waals surface area contributed by atoms with Crippen LogP contribution in [-0.2, 0) is 4.79 Å². The Morgan fingerprint density at radius 2 is 2.17 bits per heavy atom. The second-order valence-corrected chi connectivity index (χ2v) is 4.55. The van der Waals surface area contributed by atoms with Crippen LogP contribution in [0.3, 0.4) is 0 Å². The van der Waals surface area contributed by atoms with E-state index in [0.29, 0.717) is 23.7 Å². The van der Waals surface area contributed by atoms with Gasteiger partial charge in [-0.3, -0.25) is 4.79 Å². The van der Waals surface area contributed by atoms with Gasteiger partial charge in [-0.15, -0.1) is 0 Å². The summed E-state index contributed by atoms with van der Waals surface area (Å²) in [5, 5.41) is 2.75. The fraction of sp³-hybridized carbons (Fsp3) is 0.545. The number of nitrogens with two attached hydrogens (primary N) is 1. The SMILES string of the molecule is CNC(=O)C(C)CN(C)c1nc(Cl)nc(C)c1N. The standard InChI is InChI=1S/C11H18ClN5O/c1-6(10(18)14-3)5-17(4)9-8(13)7(2)15-11(12)16-9/h6H,5,13H2,1-4H3,(H,14,18). The molecule has 1 aromatic rings. The Morgan fingerprint density at radius 3 is 2.72 bits per heavy atom. The number of hydrogen-bond acceptors (Lipinski definition) is 5. The van der Waals surface area contributed by atoms with Crippen LogP contribution in [-0.4, -0.2) is 36.5 Å². The van der Waals surface area contributed by atoms with Gasteiger partial charge >= 0.3 is 0 Å². The van der Waals surface area contributed by atoms with Crippen molar-refractivity contribution in [2.24, 2.45) is 5.92 Å². The maximum Gasteiger partial charge on any atom is 0.224 e. The number of aromatic nitrogens is 2. The zero-order valence-electron chi connectivity index (χ0n) is 11.0. The number of nitrogen functional groups attached to an aromatic ring is 1. The molecule has 18 heavy (non-hydrogen) atoms. The van der Waals surface area contributed by atoms with Gasteiger partial charge in [-0.2, -0.15) is 4.98 Å². The first-order valence-electron chi connectivity index (χ1n) is 5.59. The van der Waals surface area contributed by atoms with Crippen molar-refractivity contribution in [3.63, 3.8) is 0 Å². The van der Waals surface area contributed by atoms with E-state index in [0.717, 1.165) is 0 Å². The largest absolute Gasteiger partial charge is 0.394 e. The number of nitrogens with zero attached hydrogens (tertiary/aromatic N) is 3. The zero-order valence-corrected chi connectivity index (χ0v) is 11.7. The lowest BCUT2D eigenvalue weighted by molar-refractivity contribution is -0.123. The van der Waals surface area contributed by atoms with Gasteiger partial charge in [0.25, 0.3) is 0 Å². The highest BCUT2D eigenvalue weighted by molar-refractivity contribution is 6.28. The normalized spacial score (nSPS) is 12.1. The Morgan fingerprint density at radius 1 is 1.56 bits per heavy atom. The van der Waals surface area contributed by atoms with Gasteiger partial charge in [0.1, 0.15) is 0 Å². The second kappa shape index (κ2) is 5.86. The molecule has 1 amide bonds. The van der Waals surface area contributed by atoms with Crippen molar-refractivity contribution in [3.05, 3.63) is 11.0 Å². The number of anilines is 2. The summed E-state index contributed by atoms with van der Waals surface area (Å²) < 4.78 is 0. The first-order chi connectivity index (χ1) is 8.36. The molecule has 1 aromatic heterocycles. The van der Waals surface area contributed by atoms with E-state index in [4.69, 9.17) is 17.3 Å².